The number of aromatic nitrogens is 7. The second-order valence-electron chi connectivity index (χ2n) is 10.3. The molecule has 1 atom stereocenters. The molecule has 12 nitrogen and oxygen atoms in total. The summed E-state index contributed by atoms with van der Waals surface area (Å²) in [5.41, 5.74) is 2.19. The molecule has 3 aliphatic rings. The summed E-state index contributed by atoms with van der Waals surface area (Å²) >= 11 is 0. The maximum absolute atomic E-state index is 14.5. The first-order valence-electron chi connectivity index (χ1n) is 13.2. The molecule has 13 heteroatoms. The summed E-state index contributed by atoms with van der Waals surface area (Å²) in [4.78, 5) is 35.3. The number of carbonyl (C=O) groups excluding carboxylic acids is 2. The van der Waals surface area contributed by atoms with Crippen molar-refractivity contribution >= 4 is 46.8 Å². The number of fused-ring (bicyclic) bond motifs is 1. The summed E-state index contributed by atoms with van der Waals surface area (Å²) in [5.74, 6) is -0.0762. The van der Waals surface area contributed by atoms with Gasteiger partial charge in [-0.3, -0.25) is 14.7 Å². The molecule has 3 N–H and O–H groups in total. The van der Waals surface area contributed by atoms with Crippen molar-refractivity contribution in [2.24, 2.45) is 5.92 Å². The molecule has 2 saturated heterocycles. The average Bonchev–Trinajstić information content (AvgIpc) is 3.77. The number of aromatic amines is 2. The van der Waals surface area contributed by atoms with E-state index >= 15 is 0 Å². The minimum absolute atomic E-state index is 0. The molecule has 0 bridgehead atoms. The average molecular weight is 550 g/mol. The first-order valence-corrected chi connectivity index (χ1v) is 13.2. The quantitative estimate of drug-likeness (QED) is 0.191. The van der Waals surface area contributed by atoms with Gasteiger partial charge < -0.3 is 15.0 Å². The molecular formula is C27H28N9NaO3. The molecule has 2 aromatic carbocycles. The van der Waals surface area contributed by atoms with E-state index in [0.29, 0.717) is 60.0 Å². The van der Waals surface area contributed by atoms with Crippen molar-refractivity contribution in [1.82, 2.24) is 41.1 Å². The zero-order chi connectivity index (χ0) is 26.4. The summed E-state index contributed by atoms with van der Waals surface area (Å²) in [6, 6.07) is 11.0. The van der Waals surface area contributed by atoms with E-state index in [1.54, 1.807) is 18.2 Å². The molecule has 3 aliphatic heterocycles. The number of tetrazole rings is 1. The molecule has 0 aliphatic carbocycles. The van der Waals surface area contributed by atoms with Crippen LogP contribution in [0.4, 0.5) is 5.69 Å². The van der Waals surface area contributed by atoms with Crippen molar-refractivity contribution in [3.05, 3.63) is 53.9 Å². The fourth-order valence-electron chi connectivity index (χ4n) is 6.07. The van der Waals surface area contributed by atoms with E-state index < -0.39 is 11.5 Å². The number of piperidine rings is 1. The monoisotopic (exact) mass is 549 g/mol. The number of nitrogens with one attached hydrogen (secondary N) is 3. The number of H-pyrrole nitrogens is 2. The van der Waals surface area contributed by atoms with Gasteiger partial charge in [-0.15, -0.1) is 5.10 Å². The number of ketones is 2. The van der Waals surface area contributed by atoms with Crippen LogP contribution in [0.1, 0.15) is 46.4 Å². The molecule has 0 radical (unpaired) electrons. The number of hydrogen-bond donors (Lipinski definition) is 3. The number of carbonyl (C=O) groups is 2. The third-order valence-corrected chi connectivity index (χ3v) is 8.02. The van der Waals surface area contributed by atoms with Gasteiger partial charge in [0.05, 0.1) is 5.56 Å². The number of benzene rings is 2. The topological polar surface area (TPSA) is 155 Å². The summed E-state index contributed by atoms with van der Waals surface area (Å²) in [6.45, 7) is 3.15. The van der Waals surface area contributed by atoms with Crippen LogP contribution >= 0.6 is 0 Å². The van der Waals surface area contributed by atoms with Gasteiger partial charge in [-0.1, -0.05) is 0 Å². The van der Waals surface area contributed by atoms with E-state index in [1.165, 1.54) is 6.33 Å². The van der Waals surface area contributed by atoms with E-state index in [0.717, 1.165) is 37.2 Å². The number of anilines is 1. The van der Waals surface area contributed by atoms with Crippen molar-refractivity contribution < 1.29 is 14.3 Å². The van der Waals surface area contributed by atoms with Crippen LogP contribution in [0.2, 0.25) is 0 Å². The Balaban J connectivity index is 0.00000289. The Morgan fingerprint density at radius 3 is 2.60 bits per heavy atom. The second-order valence-corrected chi connectivity index (χ2v) is 10.3. The SMILES string of the molecule is O=C(c1cc(-c2nc[nH]n2)cc(N2CCCC2)c1)C1C(=O)c2cc(-c3nnn[nH]3)ccc2OC12CCNCC2.[NaH]. The van der Waals surface area contributed by atoms with Crippen LogP contribution in [0.3, 0.4) is 0 Å². The summed E-state index contributed by atoms with van der Waals surface area (Å²) < 4.78 is 6.61. The zero-order valence-corrected chi connectivity index (χ0v) is 21.2. The van der Waals surface area contributed by atoms with Crippen LogP contribution in [0, 0.1) is 5.92 Å². The van der Waals surface area contributed by atoms with Crippen molar-refractivity contribution in [2.45, 2.75) is 31.3 Å². The predicted octanol–water partition coefficient (Wildman–Crippen LogP) is 1.80. The van der Waals surface area contributed by atoms with Crippen LogP contribution in [0.5, 0.6) is 5.75 Å². The van der Waals surface area contributed by atoms with Crippen molar-refractivity contribution in [3.63, 3.8) is 0 Å². The van der Waals surface area contributed by atoms with E-state index in [2.05, 4.69) is 46.0 Å². The van der Waals surface area contributed by atoms with Crippen LogP contribution in [0.25, 0.3) is 22.8 Å². The van der Waals surface area contributed by atoms with Gasteiger partial charge in [0.15, 0.2) is 23.2 Å². The van der Waals surface area contributed by atoms with Gasteiger partial charge in [-0.05, 0) is 72.8 Å². The molecule has 2 fully saturated rings. The van der Waals surface area contributed by atoms with Crippen LogP contribution < -0.4 is 15.0 Å². The molecule has 4 aromatic rings. The number of rotatable bonds is 5. The first kappa shape index (κ1) is 26.8. The standard InChI is InChI=1S/C27H27N9O3.Na.H/c37-23(17-11-18(25-29-15-30-31-25)13-19(12-17)36-9-1-2-10-36)22-24(38)20-14-16(26-32-34-35-33-26)3-4-21(20)39-27(22)5-7-28-8-6-27;;/h3-4,11-15,22,28H,1-2,5-10H2,(H,29,30,31)(H,32,33,34,35);;. The van der Waals surface area contributed by atoms with Crippen molar-refractivity contribution in [1.29, 1.82) is 0 Å². The predicted molar refractivity (Wildman–Crippen MR) is 148 cm³/mol. The second kappa shape index (κ2) is 10.8. The summed E-state index contributed by atoms with van der Waals surface area (Å²) in [5, 5.41) is 24.3. The Labute approximate surface area is 252 Å². The Kier molecular flexibility index (Phi) is 7.26. The number of ether oxygens (including phenoxy) is 1. The van der Waals surface area contributed by atoms with E-state index in [9.17, 15) is 9.59 Å². The Morgan fingerprint density at radius 2 is 1.88 bits per heavy atom. The van der Waals surface area contributed by atoms with Crippen molar-refractivity contribution in [3.8, 4) is 28.5 Å². The van der Waals surface area contributed by atoms with Crippen LogP contribution in [-0.4, -0.2) is 109 Å². The molecule has 7 rings (SSSR count). The number of Topliss-reactive ketones (excluding diaryl/α,β-unsaturated/α-hetero) is 2. The molecule has 5 heterocycles. The van der Waals surface area contributed by atoms with Gasteiger partial charge in [0.1, 0.15) is 23.6 Å². The van der Waals surface area contributed by atoms with Crippen molar-refractivity contribution in [2.75, 3.05) is 31.1 Å². The third kappa shape index (κ3) is 4.64. The van der Waals surface area contributed by atoms with Gasteiger partial charge in [0, 0.05) is 48.3 Å². The van der Waals surface area contributed by atoms with Gasteiger partial charge >= 0.3 is 29.6 Å². The Hall–Kier alpha value is -3.45. The van der Waals surface area contributed by atoms with Gasteiger partial charge in [-0.2, -0.15) is 5.10 Å². The zero-order valence-electron chi connectivity index (χ0n) is 21.2. The summed E-state index contributed by atoms with van der Waals surface area (Å²) in [6.07, 6.45) is 4.79. The molecule has 0 amide bonds. The Bertz CT molecular complexity index is 1530. The van der Waals surface area contributed by atoms with Crippen LogP contribution in [0.15, 0.2) is 42.7 Å². The molecular weight excluding hydrogens is 521 g/mol. The third-order valence-electron chi connectivity index (χ3n) is 8.02. The van der Waals surface area contributed by atoms with E-state index in [4.69, 9.17) is 4.74 Å². The normalized spacial score (nSPS) is 19.6. The number of nitrogens with zero attached hydrogens (tertiary/aromatic N) is 6. The fourth-order valence-corrected chi connectivity index (χ4v) is 6.07. The van der Waals surface area contributed by atoms with Crippen LogP contribution in [-0.2, 0) is 0 Å². The molecule has 40 heavy (non-hydrogen) atoms. The molecule has 0 saturated carbocycles. The van der Waals surface area contributed by atoms with Gasteiger partial charge in [0.25, 0.3) is 0 Å². The first-order chi connectivity index (χ1) is 19.1. The van der Waals surface area contributed by atoms with Gasteiger partial charge in [-0.25, -0.2) is 10.1 Å². The number of hydrogen-bond acceptors (Lipinski definition) is 10. The maximum atomic E-state index is 14.5. The van der Waals surface area contributed by atoms with E-state index in [1.807, 2.05) is 18.2 Å². The molecule has 1 unspecified atom stereocenters. The fraction of sp³-hybridized carbons (Fsp3) is 0.370. The summed E-state index contributed by atoms with van der Waals surface area (Å²) in [7, 11) is 0. The van der Waals surface area contributed by atoms with E-state index in [-0.39, 0.29) is 41.1 Å². The molecule has 2 aromatic heterocycles. The minimum atomic E-state index is -0.996. The molecule has 200 valence electrons. The van der Waals surface area contributed by atoms with Gasteiger partial charge in [0.2, 0.25) is 0 Å². The Morgan fingerprint density at radius 1 is 1.05 bits per heavy atom. The molecule has 1 spiro atoms.